The van der Waals surface area contributed by atoms with Crippen molar-refractivity contribution in [1.82, 2.24) is 19.6 Å². The number of hydrogen-bond donors (Lipinski definition) is 2. The van der Waals surface area contributed by atoms with Crippen LogP contribution in [-0.4, -0.2) is 64.3 Å². The van der Waals surface area contributed by atoms with Crippen molar-refractivity contribution in [2.45, 2.75) is 44.6 Å². The minimum Gasteiger partial charge on any atom is -0.496 e. The van der Waals surface area contributed by atoms with Crippen LogP contribution in [0.1, 0.15) is 41.7 Å². The van der Waals surface area contributed by atoms with E-state index in [1.807, 2.05) is 22.7 Å². The van der Waals surface area contributed by atoms with Crippen molar-refractivity contribution in [1.29, 1.82) is 0 Å². The quantitative estimate of drug-likeness (QED) is 0.523. The fourth-order valence-corrected chi connectivity index (χ4v) is 4.28. The Labute approximate surface area is 195 Å². The zero-order valence-corrected chi connectivity index (χ0v) is 18.9. The summed E-state index contributed by atoms with van der Waals surface area (Å²) >= 11 is 0. The molecule has 1 aromatic carbocycles. The molecule has 0 spiro atoms. The Kier molecular flexibility index (Phi) is 5.86. The van der Waals surface area contributed by atoms with Gasteiger partial charge in [-0.1, -0.05) is 0 Å². The molecule has 1 saturated heterocycles. The summed E-state index contributed by atoms with van der Waals surface area (Å²) in [6, 6.07) is 7.15. The van der Waals surface area contributed by atoms with Gasteiger partial charge in [-0.2, -0.15) is 8.78 Å². The smallest absolute Gasteiger partial charge is 0.387 e. The first kappa shape index (κ1) is 22.5. The van der Waals surface area contributed by atoms with Gasteiger partial charge in [0.1, 0.15) is 22.7 Å². The van der Waals surface area contributed by atoms with Crippen molar-refractivity contribution < 1.29 is 28.2 Å². The summed E-state index contributed by atoms with van der Waals surface area (Å²) < 4.78 is 38.4. The van der Waals surface area contributed by atoms with E-state index >= 15 is 0 Å². The molecule has 0 radical (unpaired) electrons. The van der Waals surface area contributed by atoms with E-state index in [0.717, 1.165) is 18.4 Å². The first-order valence-corrected chi connectivity index (χ1v) is 11.2. The van der Waals surface area contributed by atoms with Gasteiger partial charge in [0.2, 0.25) is 0 Å². The SMILES string of the molecule is COc1cc(-c2cnc3cc(C(C)N4CC(O)C4)ccn23)cc(OC(F)F)c1C(=O)NC1CC1. The number of methoxy groups -OCH3 is 1. The average Bonchev–Trinajstić information content (AvgIpc) is 3.50. The number of fused-ring (bicyclic) bond motifs is 1. The van der Waals surface area contributed by atoms with Crippen molar-refractivity contribution in [3.8, 4) is 22.8 Å². The molecular weight excluding hydrogens is 446 g/mol. The summed E-state index contributed by atoms with van der Waals surface area (Å²) in [4.78, 5) is 19.4. The molecule has 1 saturated carbocycles. The summed E-state index contributed by atoms with van der Waals surface area (Å²) in [5.74, 6) is -0.615. The lowest BCUT2D eigenvalue weighted by Gasteiger charge is -2.40. The maximum atomic E-state index is 13.2. The van der Waals surface area contributed by atoms with Crippen LogP contribution in [0, 0.1) is 0 Å². The molecule has 2 aliphatic rings. The molecule has 2 fully saturated rings. The lowest BCUT2D eigenvalue weighted by Crippen LogP contribution is -2.51. The van der Waals surface area contributed by atoms with E-state index in [1.54, 1.807) is 12.3 Å². The third-order valence-corrected chi connectivity index (χ3v) is 6.40. The van der Waals surface area contributed by atoms with Crippen LogP contribution in [-0.2, 0) is 0 Å². The normalized spacial score (nSPS) is 17.6. The highest BCUT2D eigenvalue weighted by molar-refractivity contribution is 6.01. The molecule has 1 aliphatic carbocycles. The van der Waals surface area contributed by atoms with Crippen molar-refractivity contribution in [2.24, 2.45) is 0 Å². The van der Waals surface area contributed by atoms with Crippen molar-refractivity contribution in [3.05, 3.63) is 47.8 Å². The number of benzene rings is 1. The number of rotatable bonds is 8. The molecule has 1 atom stereocenters. The fraction of sp³-hybridized carbons (Fsp3) is 0.417. The molecule has 10 heteroatoms. The number of ether oxygens (including phenoxy) is 2. The summed E-state index contributed by atoms with van der Waals surface area (Å²) in [5, 5.41) is 12.4. The highest BCUT2D eigenvalue weighted by Gasteiger charge is 2.30. The minimum atomic E-state index is -3.10. The van der Waals surface area contributed by atoms with Gasteiger partial charge in [0.05, 0.1) is 25.1 Å². The molecule has 180 valence electrons. The number of amides is 1. The summed E-state index contributed by atoms with van der Waals surface area (Å²) in [7, 11) is 1.38. The number of carbonyl (C=O) groups excluding carboxylic acids is 1. The zero-order valence-electron chi connectivity index (χ0n) is 18.9. The van der Waals surface area contributed by atoms with Gasteiger partial charge in [0, 0.05) is 36.9 Å². The molecule has 0 bridgehead atoms. The van der Waals surface area contributed by atoms with E-state index in [-0.39, 0.29) is 35.3 Å². The van der Waals surface area contributed by atoms with E-state index in [1.165, 1.54) is 13.2 Å². The number of nitrogens with one attached hydrogen (secondary N) is 1. The van der Waals surface area contributed by atoms with Crippen molar-refractivity contribution in [2.75, 3.05) is 20.2 Å². The molecule has 34 heavy (non-hydrogen) atoms. The van der Waals surface area contributed by atoms with Gasteiger partial charge in [0.25, 0.3) is 5.91 Å². The predicted molar refractivity (Wildman–Crippen MR) is 120 cm³/mol. The lowest BCUT2D eigenvalue weighted by molar-refractivity contribution is -0.0502. The minimum absolute atomic E-state index is 0.0474. The van der Waals surface area contributed by atoms with E-state index in [9.17, 15) is 18.7 Å². The predicted octanol–water partition coefficient (Wildman–Crippen LogP) is 3.24. The highest BCUT2D eigenvalue weighted by Crippen LogP contribution is 2.37. The number of imidazole rings is 1. The van der Waals surface area contributed by atoms with Gasteiger partial charge in [-0.15, -0.1) is 0 Å². The third-order valence-electron chi connectivity index (χ3n) is 6.40. The Bertz CT molecular complexity index is 1220. The number of aromatic nitrogens is 2. The highest BCUT2D eigenvalue weighted by atomic mass is 19.3. The molecule has 1 aliphatic heterocycles. The standard InChI is InChI=1S/C24H26F2N4O4/c1-13(29-11-17(31)12-29)14-5-6-30-18(10-27-21(30)9-14)15-7-19(33-2)22(20(8-15)34-24(25)26)23(32)28-16-3-4-16/h5-10,13,16-17,24,31H,3-4,11-12H2,1-2H3,(H,28,32). The van der Waals surface area contributed by atoms with E-state index in [2.05, 4.69) is 22.1 Å². The Balaban J connectivity index is 1.52. The van der Waals surface area contributed by atoms with E-state index < -0.39 is 12.5 Å². The summed E-state index contributed by atoms with van der Waals surface area (Å²) in [6.07, 6.45) is 4.95. The summed E-state index contributed by atoms with van der Waals surface area (Å²) in [5.41, 5.74) is 2.85. The number of likely N-dealkylation sites (tertiary alicyclic amines) is 1. The third kappa shape index (κ3) is 4.30. The van der Waals surface area contributed by atoms with Crippen LogP contribution in [0.5, 0.6) is 11.5 Å². The molecular formula is C24H26F2N4O4. The van der Waals surface area contributed by atoms with Crippen LogP contribution >= 0.6 is 0 Å². The van der Waals surface area contributed by atoms with Gasteiger partial charge in [-0.25, -0.2) is 4.98 Å². The van der Waals surface area contributed by atoms with Crippen molar-refractivity contribution in [3.63, 3.8) is 0 Å². The molecule has 8 nitrogen and oxygen atoms in total. The molecule has 2 aromatic heterocycles. The lowest BCUT2D eigenvalue weighted by atomic mass is 10.0. The largest absolute Gasteiger partial charge is 0.496 e. The number of carbonyl (C=O) groups is 1. The first-order chi connectivity index (χ1) is 16.3. The molecule has 1 unspecified atom stereocenters. The Morgan fingerprint density at radius 3 is 2.62 bits per heavy atom. The maximum absolute atomic E-state index is 13.2. The molecule has 1 amide bonds. The summed E-state index contributed by atoms with van der Waals surface area (Å²) in [6.45, 7) is 0.253. The number of aliphatic hydroxyl groups is 1. The second-order valence-electron chi connectivity index (χ2n) is 8.79. The molecule has 3 aromatic rings. The van der Waals surface area contributed by atoms with Crippen LogP contribution in [0.25, 0.3) is 16.9 Å². The van der Waals surface area contributed by atoms with Gasteiger partial charge in [-0.05, 0) is 49.6 Å². The van der Waals surface area contributed by atoms with Gasteiger partial charge < -0.3 is 19.9 Å². The van der Waals surface area contributed by atoms with Crippen LogP contribution in [0.15, 0.2) is 36.7 Å². The second kappa shape index (κ2) is 8.84. The van der Waals surface area contributed by atoms with Gasteiger partial charge >= 0.3 is 6.61 Å². The second-order valence-corrected chi connectivity index (χ2v) is 8.79. The number of β-amino-alcohol motifs (C(OH)–C–C–N with tert-alkyl or cyclic N) is 1. The van der Waals surface area contributed by atoms with E-state index in [4.69, 9.17) is 9.47 Å². The number of nitrogens with zero attached hydrogens (tertiary/aromatic N) is 3. The number of aliphatic hydroxyl groups excluding tert-OH is 1. The first-order valence-electron chi connectivity index (χ1n) is 11.2. The van der Waals surface area contributed by atoms with E-state index in [0.29, 0.717) is 30.0 Å². The van der Waals surface area contributed by atoms with Crippen LogP contribution in [0.4, 0.5) is 8.78 Å². The Hall–Kier alpha value is -3.24. The monoisotopic (exact) mass is 472 g/mol. The number of pyridine rings is 1. The van der Waals surface area contributed by atoms with Crippen LogP contribution < -0.4 is 14.8 Å². The van der Waals surface area contributed by atoms with Gasteiger partial charge in [-0.3, -0.25) is 14.1 Å². The Morgan fingerprint density at radius 2 is 1.97 bits per heavy atom. The fourth-order valence-electron chi connectivity index (χ4n) is 4.28. The maximum Gasteiger partial charge on any atom is 0.387 e. The average molecular weight is 472 g/mol. The van der Waals surface area contributed by atoms with Crippen LogP contribution in [0.2, 0.25) is 0 Å². The van der Waals surface area contributed by atoms with Crippen LogP contribution in [0.3, 0.4) is 0 Å². The molecule has 3 heterocycles. The molecule has 2 N–H and O–H groups in total. The topological polar surface area (TPSA) is 88.3 Å². The zero-order chi connectivity index (χ0) is 24.0. The van der Waals surface area contributed by atoms with Crippen molar-refractivity contribution >= 4 is 11.6 Å². The number of hydrogen-bond acceptors (Lipinski definition) is 6. The Morgan fingerprint density at radius 1 is 1.24 bits per heavy atom. The van der Waals surface area contributed by atoms with Gasteiger partial charge in [0.15, 0.2) is 0 Å². The molecule has 5 rings (SSSR count). The number of halogens is 2. The number of alkyl halides is 2.